The Bertz CT molecular complexity index is 127. The van der Waals surface area contributed by atoms with E-state index < -0.39 is 0 Å². The van der Waals surface area contributed by atoms with Gasteiger partial charge in [0.15, 0.2) is 0 Å². The van der Waals surface area contributed by atoms with Gasteiger partial charge in [-0.3, -0.25) is 0 Å². The van der Waals surface area contributed by atoms with Gasteiger partial charge in [0, 0.05) is 6.54 Å². The van der Waals surface area contributed by atoms with Crippen molar-refractivity contribution in [2.45, 2.75) is 38.7 Å². The van der Waals surface area contributed by atoms with Crippen LogP contribution in [0.15, 0.2) is 0 Å². The molecule has 0 aromatic heterocycles. The lowest BCUT2D eigenvalue weighted by atomic mass is 9.86. The van der Waals surface area contributed by atoms with Gasteiger partial charge >= 0.3 is 0 Å². The highest BCUT2D eigenvalue weighted by atomic mass is 16.3. The van der Waals surface area contributed by atoms with Crippen LogP contribution in [0.1, 0.15) is 32.6 Å². The van der Waals surface area contributed by atoms with Crippen LogP contribution in [0.4, 0.5) is 0 Å². The van der Waals surface area contributed by atoms with Gasteiger partial charge in [0.25, 0.3) is 0 Å². The molecule has 2 nitrogen and oxygen atoms in total. The summed E-state index contributed by atoms with van der Waals surface area (Å²) in [5.74, 6) is 0.531. The highest BCUT2D eigenvalue weighted by Crippen LogP contribution is 2.24. The first-order valence-corrected chi connectivity index (χ1v) is 5.10. The Morgan fingerprint density at radius 2 is 2.00 bits per heavy atom. The van der Waals surface area contributed by atoms with E-state index in [1.54, 1.807) is 0 Å². The van der Waals surface area contributed by atoms with E-state index in [9.17, 15) is 5.11 Å². The fourth-order valence-electron chi connectivity index (χ4n) is 1.93. The monoisotopic (exact) mass is 171 g/mol. The summed E-state index contributed by atoms with van der Waals surface area (Å²) in [6, 6.07) is 0. The zero-order chi connectivity index (χ0) is 8.97. The topological polar surface area (TPSA) is 23.5 Å². The maximum Gasteiger partial charge on any atom is 0.0580 e. The smallest absolute Gasteiger partial charge is 0.0580 e. The average molecular weight is 171 g/mol. The van der Waals surface area contributed by atoms with Gasteiger partial charge in [-0.25, -0.2) is 0 Å². The molecule has 0 aromatic rings. The predicted molar refractivity (Wildman–Crippen MR) is 51.1 cm³/mol. The molecule has 1 rings (SSSR count). The normalized spacial score (nSPS) is 31.0. The van der Waals surface area contributed by atoms with Crippen LogP contribution in [0.25, 0.3) is 0 Å². The van der Waals surface area contributed by atoms with Gasteiger partial charge in [-0.15, -0.1) is 0 Å². The fraction of sp³-hybridized carbons (Fsp3) is 1.00. The van der Waals surface area contributed by atoms with Crippen LogP contribution in [0.5, 0.6) is 0 Å². The average Bonchev–Trinajstić information content (AvgIpc) is 2.09. The second-order valence-electron chi connectivity index (χ2n) is 3.97. The van der Waals surface area contributed by atoms with E-state index in [-0.39, 0.29) is 6.10 Å². The number of aliphatic hydroxyl groups excluding tert-OH is 1. The molecular weight excluding hydrogens is 150 g/mol. The van der Waals surface area contributed by atoms with Crippen molar-refractivity contribution in [1.82, 2.24) is 4.90 Å². The van der Waals surface area contributed by atoms with Gasteiger partial charge in [0.1, 0.15) is 0 Å². The number of nitrogens with zero attached hydrogens (tertiary/aromatic N) is 1. The summed E-state index contributed by atoms with van der Waals surface area (Å²) in [4.78, 5) is 2.29. The Labute approximate surface area is 75.6 Å². The van der Waals surface area contributed by atoms with E-state index in [0.29, 0.717) is 5.92 Å². The van der Waals surface area contributed by atoms with Gasteiger partial charge in [0.05, 0.1) is 6.10 Å². The van der Waals surface area contributed by atoms with Crippen LogP contribution >= 0.6 is 0 Å². The maximum atomic E-state index is 9.69. The third-order valence-electron chi connectivity index (χ3n) is 2.95. The van der Waals surface area contributed by atoms with Crippen LogP contribution in [-0.4, -0.2) is 36.2 Å². The molecule has 0 aromatic carbocycles. The molecule has 0 heterocycles. The van der Waals surface area contributed by atoms with Gasteiger partial charge in [-0.1, -0.05) is 19.8 Å². The molecule has 72 valence electrons. The molecule has 0 aliphatic heterocycles. The second-order valence-corrected chi connectivity index (χ2v) is 3.97. The zero-order valence-electron chi connectivity index (χ0n) is 8.29. The Morgan fingerprint density at radius 1 is 1.33 bits per heavy atom. The van der Waals surface area contributed by atoms with Crippen LogP contribution in [0.2, 0.25) is 0 Å². The molecule has 0 saturated heterocycles. The molecule has 1 aliphatic rings. The number of hydrogen-bond acceptors (Lipinski definition) is 2. The molecule has 1 saturated carbocycles. The number of rotatable bonds is 3. The summed E-state index contributed by atoms with van der Waals surface area (Å²) in [7, 11) is 2.13. The first-order valence-electron chi connectivity index (χ1n) is 5.10. The van der Waals surface area contributed by atoms with Crippen LogP contribution in [-0.2, 0) is 0 Å². The van der Waals surface area contributed by atoms with E-state index in [0.717, 1.165) is 19.5 Å². The van der Waals surface area contributed by atoms with Crippen molar-refractivity contribution in [2.75, 3.05) is 20.1 Å². The number of hydrogen-bond donors (Lipinski definition) is 1. The Kier molecular flexibility index (Phi) is 4.02. The quantitative estimate of drug-likeness (QED) is 0.695. The standard InChI is InChI=1S/C10H21NO/c1-3-11(2)8-9-6-4-5-7-10(9)12/h9-10,12H,3-8H2,1-2H3. The van der Waals surface area contributed by atoms with Crippen molar-refractivity contribution < 1.29 is 5.11 Å². The van der Waals surface area contributed by atoms with Gasteiger partial charge in [-0.05, 0) is 32.4 Å². The summed E-state index contributed by atoms with van der Waals surface area (Å²) in [5, 5.41) is 9.69. The van der Waals surface area contributed by atoms with Crippen molar-refractivity contribution in [1.29, 1.82) is 0 Å². The lowest BCUT2D eigenvalue weighted by molar-refractivity contribution is 0.0524. The van der Waals surface area contributed by atoms with Crippen molar-refractivity contribution >= 4 is 0 Å². The van der Waals surface area contributed by atoms with E-state index >= 15 is 0 Å². The first-order chi connectivity index (χ1) is 5.74. The van der Waals surface area contributed by atoms with Crippen LogP contribution < -0.4 is 0 Å². The summed E-state index contributed by atoms with van der Waals surface area (Å²) < 4.78 is 0. The minimum Gasteiger partial charge on any atom is -0.393 e. The molecule has 0 amide bonds. The lowest BCUT2D eigenvalue weighted by Crippen LogP contribution is -2.34. The number of aliphatic hydroxyl groups is 1. The van der Waals surface area contributed by atoms with Gasteiger partial charge in [-0.2, -0.15) is 0 Å². The van der Waals surface area contributed by atoms with Crippen molar-refractivity contribution in [3.63, 3.8) is 0 Å². The largest absolute Gasteiger partial charge is 0.393 e. The summed E-state index contributed by atoms with van der Waals surface area (Å²) in [6.07, 6.45) is 4.72. The molecular formula is C10H21NO. The molecule has 2 heteroatoms. The second kappa shape index (κ2) is 4.83. The zero-order valence-corrected chi connectivity index (χ0v) is 8.29. The van der Waals surface area contributed by atoms with Crippen LogP contribution in [0, 0.1) is 5.92 Å². The van der Waals surface area contributed by atoms with E-state index in [4.69, 9.17) is 0 Å². The van der Waals surface area contributed by atoms with Crippen LogP contribution in [0.3, 0.4) is 0 Å². The van der Waals surface area contributed by atoms with Crippen molar-refractivity contribution in [3.8, 4) is 0 Å². The van der Waals surface area contributed by atoms with Gasteiger partial charge < -0.3 is 10.0 Å². The lowest BCUT2D eigenvalue weighted by Gasteiger charge is -2.30. The SMILES string of the molecule is CCN(C)CC1CCCCC1O. The van der Waals surface area contributed by atoms with E-state index in [1.807, 2.05) is 0 Å². The summed E-state index contributed by atoms with van der Waals surface area (Å²) in [6.45, 7) is 4.32. The molecule has 12 heavy (non-hydrogen) atoms. The third kappa shape index (κ3) is 2.76. The molecule has 2 atom stereocenters. The molecule has 1 aliphatic carbocycles. The molecule has 2 unspecified atom stereocenters. The first kappa shape index (κ1) is 10.0. The van der Waals surface area contributed by atoms with E-state index in [1.165, 1.54) is 19.3 Å². The highest BCUT2D eigenvalue weighted by molar-refractivity contribution is 4.76. The summed E-state index contributed by atoms with van der Waals surface area (Å²) in [5.41, 5.74) is 0. The van der Waals surface area contributed by atoms with E-state index in [2.05, 4.69) is 18.9 Å². The minimum absolute atomic E-state index is 0.0345. The Hall–Kier alpha value is -0.0800. The summed E-state index contributed by atoms with van der Waals surface area (Å²) >= 11 is 0. The maximum absolute atomic E-state index is 9.69. The van der Waals surface area contributed by atoms with Gasteiger partial charge in [0.2, 0.25) is 0 Å². The van der Waals surface area contributed by atoms with Crippen molar-refractivity contribution in [3.05, 3.63) is 0 Å². The van der Waals surface area contributed by atoms with Crippen molar-refractivity contribution in [2.24, 2.45) is 5.92 Å². The minimum atomic E-state index is -0.0345. The molecule has 0 radical (unpaired) electrons. The molecule has 0 bridgehead atoms. The Morgan fingerprint density at radius 3 is 2.58 bits per heavy atom. The third-order valence-corrected chi connectivity index (χ3v) is 2.95. The molecule has 1 fully saturated rings. The predicted octanol–water partition coefficient (Wildman–Crippen LogP) is 1.49. The highest BCUT2D eigenvalue weighted by Gasteiger charge is 2.23. The molecule has 0 spiro atoms. The Balaban J connectivity index is 2.28. The molecule has 1 N–H and O–H groups in total. The fourth-order valence-corrected chi connectivity index (χ4v) is 1.93.